The van der Waals surface area contributed by atoms with Crippen molar-refractivity contribution in [1.29, 1.82) is 0 Å². The van der Waals surface area contributed by atoms with Crippen molar-refractivity contribution < 1.29 is 13.2 Å². The van der Waals surface area contributed by atoms with Crippen LogP contribution in [0, 0.1) is 0 Å². The van der Waals surface area contributed by atoms with Gasteiger partial charge in [0.25, 0.3) is 5.91 Å². The van der Waals surface area contributed by atoms with Gasteiger partial charge in [0.15, 0.2) is 9.84 Å². The number of hydrogen-bond acceptors (Lipinski definition) is 5. The summed E-state index contributed by atoms with van der Waals surface area (Å²) in [4.78, 5) is 19.6. The van der Waals surface area contributed by atoms with E-state index in [-0.39, 0.29) is 15.7 Å². The lowest BCUT2D eigenvalue weighted by Gasteiger charge is -2.05. The molecule has 2 rings (SSSR count). The zero-order valence-electron chi connectivity index (χ0n) is 10.4. The molecule has 0 aliphatic carbocycles. The molecule has 0 atom stereocenters. The minimum atomic E-state index is -3.25. The van der Waals surface area contributed by atoms with Crippen molar-refractivity contribution in [3.05, 3.63) is 47.5 Å². The second kappa shape index (κ2) is 5.56. The number of hydrogen-bond donors (Lipinski definition) is 1. The Hall–Kier alpha value is -1.99. The summed E-state index contributed by atoms with van der Waals surface area (Å²) in [7, 11) is -3.25. The predicted molar refractivity (Wildman–Crippen MR) is 74.5 cm³/mol. The summed E-state index contributed by atoms with van der Waals surface area (Å²) in [5, 5.41) is 2.77. The molecule has 20 heavy (non-hydrogen) atoms. The second-order valence-corrected chi connectivity index (χ2v) is 6.38. The quantitative estimate of drug-likeness (QED) is 0.933. The van der Waals surface area contributed by atoms with Gasteiger partial charge in [0.1, 0.15) is 10.8 Å². The average molecular weight is 312 g/mol. The van der Waals surface area contributed by atoms with E-state index in [1.54, 1.807) is 0 Å². The van der Waals surface area contributed by atoms with Crippen LogP contribution in [0.25, 0.3) is 0 Å². The Morgan fingerprint density at radius 2 is 1.80 bits per heavy atom. The summed E-state index contributed by atoms with van der Waals surface area (Å²) in [6, 6.07) is 5.83. The number of nitrogens with one attached hydrogen (secondary N) is 1. The molecule has 104 valence electrons. The number of anilines is 1. The molecule has 2 aromatic rings. The van der Waals surface area contributed by atoms with E-state index in [0.717, 1.165) is 6.26 Å². The van der Waals surface area contributed by atoms with Crippen molar-refractivity contribution in [3.8, 4) is 0 Å². The van der Waals surface area contributed by atoms with E-state index in [1.807, 2.05) is 0 Å². The first-order valence-corrected chi connectivity index (χ1v) is 7.72. The number of aromatic nitrogens is 2. The van der Waals surface area contributed by atoms with Crippen LogP contribution in [0.2, 0.25) is 5.15 Å². The molecule has 6 nitrogen and oxygen atoms in total. The zero-order valence-corrected chi connectivity index (χ0v) is 11.9. The number of sulfone groups is 1. The van der Waals surface area contributed by atoms with Gasteiger partial charge in [0.2, 0.25) is 0 Å². The lowest BCUT2D eigenvalue weighted by Crippen LogP contribution is -2.14. The molecule has 0 saturated carbocycles. The van der Waals surface area contributed by atoms with Crippen molar-refractivity contribution >= 4 is 33.0 Å². The maximum atomic E-state index is 11.8. The van der Waals surface area contributed by atoms with Gasteiger partial charge in [-0.1, -0.05) is 11.6 Å². The molecular weight excluding hydrogens is 302 g/mol. The van der Waals surface area contributed by atoms with E-state index in [4.69, 9.17) is 11.6 Å². The fourth-order valence-corrected chi connectivity index (χ4v) is 2.14. The molecule has 0 spiro atoms. The Bertz CT molecular complexity index is 728. The van der Waals surface area contributed by atoms with Gasteiger partial charge >= 0.3 is 0 Å². The topological polar surface area (TPSA) is 89.0 Å². The van der Waals surface area contributed by atoms with Gasteiger partial charge < -0.3 is 5.32 Å². The average Bonchev–Trinajstić information content (AvgIpc) is 2.39. The Kier molecular flexibility index (Phi) is 4.01. The van der Waals surface area contributed by atoms with E-state index in [9.17, 15) is 13.2 Å². The van der Waals surface area contributed by atoms with Crippen molar-refractivity contribution in [2.75, 3.05) is 11.6 Å². The molecule has 0 bridgehead atoms. The molecule has 0 fully saturated rings. The number of benzene rings is 1. The van der Waals surface area contributed by atoms with Crippen molar-refractivity contribution in [1.82, 2.24) is 9.97 Å². The fourth-order valence-electron chi connectivity index (χ4n) is 1.41. The van der Waals surface area contributed by atoms with Crippen LogP contribution in [-0.2, 0) is 9.84 Å². The van der Waals surface area contributed by atoms with E-state index in [0.29, 0.717) is 5.69 Å². The smallest absolute Gasteiger partial charge is 0.275 e. The number of carbonyl (C=O) groups excluding carboxylic acids is 1. The Labute approximate surface area is 120 Å². The lowest BCUT2D eigenvalue weighted by atomic mass is 10.3. The molecular formula is C12H10ClN3O3S. The SMILES string of the molecule is CS(=O)(=O)c1ccc(NC(=O)c2cnc(Cl)cn2)cc1. The van der Waals surface area contributed by atoms with Crippen LogP contribution in [0.15, 0.2) is 41.6 Å². The predicted octanol–water partition coefficient (Wildman–Crippen LogP) is 1.79. The Balaban J connectivity index is 2.14. The second-order valence-electron chi connectivity index (χ2n) is 3.98. The highest BCUT2D eigenvalue weighted by Crippen LogP contribution is 2.14. The number of amides is 1. The Morgan fingerprint density at radius 1 is 1.15 bits per heavy atom. The summed E-state index contributed by atoms with van der Waals surface area (Å²) >= 11 is 5.57. The summed E-state index contributed by atoms with van der Waals surface area (Å²) in [6.45, 7) is 0. The van der Waals surface area contributed by atoms with Crippen LogP contribution in [0.4, 0.5) is 5.69 Å². The van der Waals surface area contributed by atoms with Gasteiger partial charge in [-0.15, -0.1) is 0 Å². The van der Waals surface area contributed by atoms with E-state index in [1.165, 1.54) is 36.7 Å². The van der Waals surface area contributed by atoms with Gasteiger partial charge in [-0.05, 0) is 24.3 Å². The Morgan fingerprint density at radius 3 is 2.30 bits per heavy atom. The van der Waals surface area contributed by atoms with Gasteiger partial charge in [-0.25, -0.2) is 18.4 Å². The molecule has 1 aromatic carbocycles. The first-order chi connectivity index (χ1) is 9.36. The maximum Gasteiger partial charge on any atom is 0.275 e. The molecule has 0 saturated heterocycles. The number of nitrogens with zero attached hydrogens (tertiary/aromatic N) is 2. The zero-order chi connectivity index (χ0) is 14.8. The summed E-state index contributed by atoms with van der Waals surface area (Å²) < 4.78 is 22.6. The van der Waals surface area contributed by atoms with Crippen LogP contribution in [-0.4, -0.2) is 30.5 Å². The molecule has 1 aromatic heterocycles. The van der Waals surface area contributed by atoms with E-state index >= 15 is 0 Å². The molecule has 1 amide bonds. The largest absolute Gasteiger partial charge is 0.321 e. The van der Waals surface area contributed by atoms with Crippen LogP contribution >= 0.6 is 11.6 Å². The van der Waals surface area contributed by atoms with Crippen LogP contribution in [0.3, 0.4) is 0 Å². The molecule has 0 radical (unpaired) electrons. The minimum Gasteiger partial charge on any atom is -0.321 e. The molecule has 0 unspecified atom stereocenters. The molecule has 0 aliphatic rings. The normalized spacial score (nSPS) is 11.1. The van der Waals surface area contributed by atoms with Crippen molar-refractivity contribution in [2.24, 2.45) is 0 Å². The van der Waals surface area contributed by atoms with E-state index in [2.05, 4.69) is 15.3 Å². The van der Waals surface area contributed by atoms with Crippen LogP contribution in [0.5, 0.6) is 0 Å². The highest BCUT2D eigenvalue weighted by atomic mass is 35.5. The maximum absolute atomic E-state index is 11.8. The third kappa shape index (κ3) is 3.52. The molecule has 1 heterocycles. The van der Waals surface area contributed by atoms with Gasteiger partial charge in [0, 0.05) is 11.9 Å². The lowest BCUT2D eigenvalue weighted by molar-refractivity contribution is 0.102. The first-order valence-electron chi connectivity index (χ1n) is 5.45. The minimum absolute atomic E-state index is 0.113. The van der Waals surface area contributed by atoms with Gasteiger partial charge in [0.05, 0.1) is 17.3 Å². The highest BCUT2D eigenvalue weighted by Gasteiger charge is 2.10. The number of rotatable bonds is 3. The number of carbonyl (C=O) groups is 1. The third-order valence-electron chi connectivity index (χ3n) is 2.39. The fraction of sp³-hybridized carbons (Fsp3) is 0.0833. The van der Waals surface area contributed by atoms with Gasteiger partial charge in [-0.3, -0.25) is 4.79 Å². The summed E-state index contributed by atoms with van der Waals surface area (Å²) in [5.41, 5.74) is 0.570. The van der Waals surface area contributed by atoms with Crippen molar-refractivity contribution in [2.45, 2.75) is 4.90 Å². The molecule has 1 N–H and O–H groups in total. The summed E-state index contributed by atoms with van der Waals surface area (Å²) in [6.07, 6.45) is 3.63. The monoisotopic (exact) mass is 311 g/mol. The van der Waals surface area contributed by atoms with Crippen LogP contribution < -0.4 is 5.32 Å². The molecule has 8 heteroatoms. The van der Waals surface area contributed by atoms with Crippen LogP contribution in [0.1, 0.15) is 10.5 Å². The standard InChI is InChI=1S/C12H10ClN3O3S/c1-20(18,19)9-4-2-8(3-5-9)16-12(17)10-6-15-11(13)7-14-10/h2-7H,1H3,(H,16,17). The van der Waals surface area contributed by atoms with Crippen molar-refractivity contribution in [3.63, 3.8) is 0 Å². The first kappa shape index (κ1) is 14.4. The molecule has 0 aliphatic heterocycles. The number of halogens is 1. The highest BCUT2D eigenvalue weighted by molar-refractivity contribution is 7.90. The van der Waals surface area contributed by atoms with Gasteiger partial charge in [-0.2, -0.15) is 0 Å². The summed E-state index contributed by atoms with van der Waals surface area (Å²) in [5.74, 6) is -0.457. The third-order valence-corrected chi connectivity index (χ3v) is 3.72. The van der Waals surface area contributed by atoms with E-state index < -0.39 is 15.7 Å².